The summed E-state index contributed by atoms with van der Waals surface area (Å²) >= 11 is 0. The van der Waals surface area contributed by atoms with Crippen molar-refractivity contribution < 1.29 is 4.79 Å². The van der Waals surface area contributed by atoms with Gasteiger partial charge in [0.25, 0.3) is 0 Å². The zero-order valence-electron chi connectivity index (χ0n) is 14.7. The van der Waals surface area contributed by atoms with Gasteiger partial charge in [0.2, 0.25) is 5.91 Å². The Morgan fingerprint density at radius 3 is 2.59 bits per heavy atom. The fourth-order valence-electron chi connectivity index (χ4n) is 2.93. The van der Waals surface area contributed by atoms with E-state index in [9.17, 15) is 4.79 Å². The normalized spacial score (nSPS) is 10.8. The molecule has 1 amide bonds. The summed E-state index contributed by atoms with van der Waals surface area (Å²) in [6.45, 7) is 0. The highest BCUT2D eigenvalue weighted by Crippen LogP contribution is 2.20. The number of nitrogens with one attached hydrogen (secondary N) is 1. The average molecular weight is 357 g/mol. The molecule has 0 radical (unpaired) electrons. The Bertz CT molecular complexity index is 1040. The SMILES string of the molecule is O=C(CCCc1ccccc1)Nc1ccc(-c2ccc3nncn3n2)cc1. The molecule has 0 saturated heterocycles. The van der Waals surface area contributed by atoms with E-state index >= 15 is 0 Å². The number of benzene rings is 2. The highest BCUT2D eigenvalue weighted by atomic mass is 16.1. The Balaban J connectivity index is 1.33. The van der Waals surface area contributed by atoms with Gasteiger partial charge in [-0.2, -0.15) is 9.61 Å². The van der Waals surface area contributed by atoms with Gasteiger partial charge in [0.1, 0.15) is 6.33 Å². The molecule has 2 aromatic carbocycles. The van der Waals surface area contributed by atoms with Crippen molar-refractivity contribution in [2.75, 3.05) is 5.32 Å². The number of anilines is 1. The number of carbonyl (C=O) groups excluding carboxylic acids is 1. The van der Waals surface area contributed by atoms with Crippen molar-refractivity contribution in [3.8, 4) is 11.3 Å². The molecule has 0 aliphatic rings. The van der Waals surface area contributed by atoms with E-state index in [1.807, 2.05) is 54.6 Å². The largest absolute Gasteiger partial charge is 0.326 e. The Hall–Kier alpha value is -3.54. The van der Waals surface area contributed by atoms with Crippen molar-refractivity contribution >= 4 is 17.2 Å². The highest BCUT2D eigenvalue weighted by Gasteiger charge is 2.05. The maximum Gasteiger partial charge on any atom is 0.224 e. The molecule has 134 valence electrons. The van der Waals surface area contributed by atoms with Crippen molar-refractivity contribution in [1.29, 1.82) is 0 Å². The quantitative estimate of drug-likeness (QED) is 0.570. The fourth-order valence-corrected chi connectivity index (χ4v) is 2.93. The minimum atomic E-state index is 0.0303. The van der Waals surface area contributed by atoms with Gasteiger partial charge in [-0.25, -0.2) is 0 Å². The lowest BCUT2D eigenvalue weighted by atomic mass is 10.1. The molecule has 0 bridgehead atoms. The first-order valence-corrected chi connectivity index (χ1v) is 8.89. The summed E-state index contributed by atoms with van der Waals surface area (Å²) in [4.78, 5) is 12.1. The van der Waals surface area contributed by atoms with Crippen LogP contribution >= 0.6 is 0 Å². The fraction of sp³-hybridized carbons (Fsp3) is 0.143. The summed E-state index contributed by atoms with van der Waals surface area (Å²) in [6.07, 6.45) is 3.81. The second-order valence-electron chi connectivity index (χ2n) is 6.32. The zero-order valence-corrected chi connectivity index (χ0v) is 14.7. The summed E-state index contributed by atoms with van der Waals surface area (Å²) in [7, 11) is 0. The summed E-state index contributed by atoms with van der Waals surface area (Å²) in [5.74, 6) is 0.0303. The minimum absolute atomic E-state index is 0.0303. The first-order valence-electron chi connectivity index (χ1n) is 8.89. The number of aromatic nitrogens is 4. The highest BCUT2D eigenvalue weighted by molar-refractivity contribution is 5.90. The van der Waals surface area contributed by atoms with Crippen LogP contribution in [0.2, 0.25) is 0 Å². The van der Waals surface area contributed by atoms with Crippen LogP contribution in [0, 0.1) is 0 Å². The predicted molar refractivity (Wildman–Crippen MR) is 104 cm³/mol. The van der Waals surface area contributed by atoms with Gasteiger partial charge in [0, 0.05) is 17.7 Å². The molecule has 4 aromatic rings. The Labute approximate surface area is 156 Å². The molecule has 6 heteroatoms. The molecule has 0 fully saturated rings. The minimum Gasteiger partial charge on any atom is -0.326 e. The van der Waals surface area contributed by atoms with Crippen molar-refractivity contribution in [3.05, 3.63) is 78.6 Å². The summed E-state index contributed by atoms with van der Waals surface area (Å²) in [5, 5.41) is 15.2. The molecule has 0 spiro atoms. The lowest BCUT2D eigenvalue weighted by Crippen LogP contribution is -2.11. The van der Waals surface area contributed by atoms with Crippen molar-refractivity contribution in [2.24, 2.45) is 0 Å². The number of aryl methyl sites for hydroxylation is 1. The van der Waals surface area contributed by atoms with E-state index in [2.05, 4.69) is 32.7 Å². The maximum atomic E-state index is 12.1. The first kappa shape index (κ1) is 16.9. The van der Waals surface area contributed by atoms with Crippen molar-refractivity contribution in [3.63, 3.8) is 0 Å². The third kappa shape index (κ3) is 4.17. The third-order valence-electron chi connectivity index (χ3n) is 4.34. The van der Waals surface area contributed by atoms with Crippen LogP contribution in [0.4, 0.5) is 5.69 Å². The van der Waals surface area contributed by atoms with Crippen molar-refractivity contribution in [2.45, 2.75) is 19.3 Å². The molecule has 6 nitrogen and oxygen atoms in total. The average Bonchev–Trinajstić information content (AvgIpc) is 3.17. The molecule has 0 saturated carbocycles. The van der Waals surface area contributed by atoms with E-state index in [0.717, 1.165) is 29.8 Å². The lowest BCUT2D eigenvalue weighted by molar-refractivity contribution is -0.116. The first-order chi connectivity index (χ1) is 13.3. The topological polar surface area (TPSA) is 72.2 Å². The van der Waals surface area contributed by atoms with E-state index in [1.165, 1.54) is 5.56 Å². The molecule has 0 atom stereocenters. The number of hydrogen-bond acceptors (Lipinski definition) is 4. The van der Waals surface area contributed by atoms with E-state index < -0.39 is 0 Å². The van der Waals surface area contributed by atoms with Gasteiger partial charge < -0.3 is 5.32 Å². The molecule has 0 aliphatic heterocycles. The molecule has 0 aliphatic carbocycles. The third-order valence-corrected chi connectivity index (χ3v) is 4.34. The molecule has 2 heterocycles. The molecule has 27 heavy (non-hydrogen) atoms. The van der Waals surface area contributed by atoms with Crippen molar-refractivity contribution in [1.82, 2.24) is 19.8 Å². The van der Waals surface area contributed by atoms with Crippen LogP contribution in [0.1, 0.15) is 18.4 Å². The molecule has 4 rings (SSSR count). The van der Waals surface area contributed by atoms with Gasteiger partial charge in [0.05, 0.1) is 5.69 Å². The Morgan fingerprint density at radius 2 is 1.78 bits per heavy atom. The smallest absolute Gasteiger partial charge is 0.224 e. The number of nitrogens with zero attached hydrogens (tertiary/aromatic N) is 4. The van der Waals surface area contributed by atoms with Gasteiger partial charge in [-0.1, -0.05) is 42.5 Å². The summed E-state index contributed by atoms with van der Waals surface area (Å²) in [5.41, 5.74) is 4.54. The number of rotatable bonds is 6. The Morgan fingerprint density at radius 1 is 0.963 bits per heavy atom. The molecular formula is C21H19N5O. The maximum absolute atomic E-state index is 12.1. The molecular weight excluding hydrogens is 338 g/mol. The number of carbonyl (C=O) groups is 1. The number of fused-ring (bicyclic) bond motifs is 1. The van der Waals surface area contributed by atoms with Crippen LogP contribution in [0.5, 0.6) is 0 Å². The zero-order chi connectivity index (χ0) is 18.5. The van der Waals surface area contributed by atoms with Crippen LogP contribution in [-0.2, 0) is 11.2 Å². The monoisotopic (exact) mass is 357 g/mol. The van der Waals surface area contributed by atoms with Crippen LogP contribution in [-0.4, -0.2) is 25.7 Å². The van der Waals surface area contributed by atoms with Gasteiger partial charge in [-0.05, 0) is 42.7 Å². The molecule has 0 unspecified atom stereocenters. The van der Waals surface area contributed by atoms with Crippen LogP contribution < -0.4 is 5.32 Å². The number of hydrogen-bond donors (Lipinski definition) is 1. The van der Waals surface area contributed by atoms with Gasteiger partial charge >= 0.3 is 0 Å². The summed E-state index contributed by atoms with van der Waals surface area (Å²) in [6, 6.07) is 21.7. The summed E-state index contributed by atoms with van der Waals surface area (Å²) < 4.78 is 1.64. The Kier molecular flexibility index (Phi) is 4.87. The van der Waals surface area contributed by atoms with Gasteiger partial charge in [-0.3, -0.25) is 4.79 Å². The second kappa shape index (κ2) is 7.78. The van der Waals surface area contributed by atoms with Crippen LogP contribution in [0.15, 0.2) is 73.1 Å². The lowest BCUT2D eigenvalue weighted by Gasteiger charge is -2.07. The van der Waals surface area contributed by atoms with Gasteiger partial charge in [0.15, 0.2) is 5.65 Å². The van der Waals surface area contributed by atoms with E-state index in [1.54, 1.807) is 10.8 Å². The van der Waals surface area contributed by atoms with E-state index in [-0.39, 0.29) is 5.91 Å². The van der Waals surface area contributed by atoms with E-state index in [0.29, 0.717) is 12.1 Å². The van der Waals surface area contributed by atoms with Gasteiger partial charge in [-0.15, -0.1) is 10.2 Å². The molecule has 1 N–H and O–H groups in total. The van der Waals surface area contributed by atoms with Crippen LogP contribution in [0.3, 0.4) is 0 Å². The standard InChI is InChI=1S/C21H19N5O/c27-21(8-4-7-16-5-2-1-3-6-16)23-18-11-9-17(10-12-18)19-13-14-20-24-22-15-26(20)25-19/h1-3,5-6,9-15H,4,7-8H2,(H,23,27). The second-order valence-corrected chi connectivity index (χ2v) is 6.32. The number of amides is 1. The predicted octanol–water partition coefficient (Wildman–Crippen LogP) is 3.75. The molecule has 2 aromatic heterocycles. The van der Waals surface area contributed by atoms with E-state index in [4.69, 9.17) is 0 Å². The van der Waals surface area contributed by atoms with Crippen LogP contribution in [0.25, 0.3) is 16.9 Å².